The molecule has 0 heterocycles. The predicted octanol–water partition coefficient (Wildman–Crippen LogP) is 4.11. The topological polar surface area (TPSA) is 76.2 Å². The Morgan fingerprint density at radius 3 is 2.50 bits per heavy atom. The third-order valence-corrected chi connectivity index (χ3v) is 3.70. The molecule has 5 nitrogen and oxygen atoms in total. The second kappa shape index (κ2) is 6.92. The number of methoxy groups -OCH3 is 1. The van der Waals surface area contributed by atoms with Gasteiger partial charge in [-0.2, -0.15) is 5.26 Å². The first-order chi connectivity index (χ1) is 10.5. The number of halogens is 1. The van der Waals surface area contributed by atoms with Gasteiger partial charge >= 0.3 is 0 Å². The molecule has 0 aliphatic rings. The van der Waals surface area contributed by atoms with E-state index < -0.39 is 4.92 Å². The van der Waals surface area contributed by atoms with Gasteiger partial charge in [0.2, 0.25) is 0 Å². The lowest BCUT2D eigenvalue weighted by molar-refractivity contribution is -0.384. The second-order valence-corrected chi connectivity index (χ2v) is 5.10. The van der Waals surface area contributed by atoms with Crippen LogP contribution in [0.4, 0.5) is 5.69 Å². The van der Waals surface area contributed by atoms with Crippen LogP contribution in [-0.2, 0) is 6.42 Å². The molecule has 1 atom stereocenters. The molecule has 0 aliphatic heterocycles. The maximum absolute atomic E-state index is 10.7. The van der Waals surface area contributed by atoms with Crippen molar-refractivity contribution in [2.24, 2.45) is 0 Å². The van der Waals surface area contributed by atoms with Gasteiger partial charge in [0, 0.05) is 12.1 Å². The highest BCUT2D eigenvalue weighted by Crippen LogP contribution is 2.28. The third-order valence-electron chi connectivity index (χ3n) is 3.35. The van der Waals surface area contributed by atoms with Gasteiger partial charge in [0.05, 0.1) is 29.0 Å². The number of non-ortho nitro benzene ring substituents is 1. The lowest BCUT2D eigenvalue weighted by atomic mass is 9.93. The van der Waals surface area contributed by atoms with Crippen LogP contribution in [-0.4, -0.2) is 12.0 Å². The van der Waals surface area contributed by atoms with Crippen molar-refractivity contribution in [1.29, 1.82) is 5.26 Å². The summed E-state index contributed by atoms with van der Waals surface area (Å²) < 4.78 is 5.09. The Balaban J connectivity index is 2.23. The molecule has 0 amide bonds. The number of nitro groups is 1. The van der Waals surface area contributed by atoms with Crippen LogP contribution in [0.25, 0.3) is 0 Å². The summed E-state index contributed by atoms with van der Waals surface area (Å²) >= 11 is 6.08. The molecule has 22 heavy (non-hydrogen) atoms. The lowest BCUT2D eigenvalue weighted by Gasteiger charge is -2.11. The summed E-state index contributed by atoms with van der Waals surface area (Å²) in [6, 6.07) is 13.8. The highest BCUT2D eigenvalue weighted by molar-refractivity contribution is 6.31. The summed E-state index contributed by atoms with van der Waals surface area (Å²) in [6.45, 7) is 0. The first-order valence-corrected chi connectivity index (χ1v) is 6.89. The molecule has 0 N–H and O–H groups in total. The van der Waals surface area contributed by atoms with Crippen LogP contribution in [0.2, 0.25) is 5.02 Å². The SMILES string of the molecule is COc1ccc(C(C#N)Cc2ccc([N+](=O)[O-])cc2Cl)cc1. The van der Waals surface area contributed by atoms with Crippen LogP contribution in [0.5, 0.6) is 5.75 Å². The normalized spacial score (nSPS) is 11.5. The molecule has 0 aliphatic carbocycles. The molecule has 1 unspecified atom stereocenters. The van der Waals surface area contributed by atoms with Crippen molar-refractivity contribution in [2.75, 3.05) is 7.11 Å². The fourth-order valence-corrected chi connectivity index (χ4v) is 2.36. The summed E-state index contributed by atoms with van der Waals surface area (Å²) in [4.78, 5) is 10.2. The molecule has 112 valence electrons. The van der Waals surface area contributed by atoms with Crippen LogP contribution in [0.1, 0.15) is 17.0 Å². The maximum atomic E-state index is 10.7. The maximum Gasteiger partial charge on any atom is 0.270 e. The third kappa shape index (κ3) is 3.54. The van der Waals surface area contributed by atoms with Gasteiger partial charge in [0.1, 0.15) is 5.75 Å². The highest BCUT2D eigenvalue weighted by Gasteiger charge is 2.16. The van der Waals surface area contributed by atoms with Gasteiger partial charge in [-0.05, 0) is 29.7 Å². The zero-order valence-electron chi connectivity index (χ0n) is 11.8. The van der Waals surface area contributed by atoms with Gasteiger partial charge in [0.25, 0.3) is 5.69 Å². The van der Waals surface area contributed by atoms with Crippen molar-refractivity contribution < 1.29 is 9.66 Å². The molecule has 6 heteroatoms. The van der Waals surface area contributed by atoms with E-state index in [1.54, 1.807) is 25.3 Å². The molecule has 2 rings (SSSR count). The average molecular weight is 317 g/mol. The van der Waals surface area contributed by atoms with Crippen LogP contribution in [0, 0.1) is 21.4 Å². The molecule has 0 spiro atoms. The fraction of sp³-hybridized carbons (Fsp3) is 0.188. The van der Waals surface area contributed by atoms with Crippen molar-refractivity contribution in [3.63, 3.8) is 0 Å². The number of hydrogen-bond donors (Lipinski definition) is 0. The molecule has 2 aromatic carbocycles. The van der Waals surface area contributed by atoms with Crippen molar-refractivity contribution in [2.45, 2.75) is 12.3 Å². The number of benzene rings is 2. The monoisotopic (exact) mass is 316 g/mol. The average Bonchev–Trinajstić information content (AvgIpc) is 2.53. The zero-order chi connectivity index (χ0) is 16.1. The van der Waals surface area contributed by atoms with Gasteiger partial charge < -0.3 is 4.74 Å². The van der Waals surface area contributed by atoms with E-state index >= 15 is 0 Å². The Hall–Kier alpha value is -2.58. The van der Waals surface area contributed by atoms with Crippen molar-refractivity contribution in [3.05, 3.63) is 68.7 Å². The van der Waals surface area contributed by atoms with Crippen LogP contribution in [0.15, 0.2) is 42.5 Å². The minimum Gasteiger partial charge on any atom is -0.497 e. The molecule has 0 saturated heterocycles. The summed E-state index contributed by atoms with van der Waals surface area (Å²) in [7, 11) is 1.58. The number of ether oxygens (including phenoxy) is 1. The van der Waals surface area contributed by atoms with Crippen LogP contribution < -0.4 is 4.74 Å². The van der Waals surface area contributed by atoms with E-state index in [0.717, 1.165) is 5.56 Å². The quantitative estimate of drug-likeness (QED) is 0.614. The molecule has 0 bridgehead atoms. The van der Waals surface area contributed by atoms with E-state index in [0.29, 0.717) is 22.8 Å². The Morgan fingerprint density at radius 1 is 1.32 bits per heavy atom. The highest BCUT2D eigenvalue weighted by atomic mass is 35.5. The van der Waals surface area contributed by atoms with Gasteiger partial charge in [-0.25, -0.2) is 0 Å². The van der Waals surface area contributed by atoms with Crippen molar-refractivity contribution >= 4 is 17.3 Å². The van der Waals surface area contributed by atoms with Gasteiger partial charge in [-0.15, -0.1) is 0 Å². The smallest absolute Gasteiger partial charge is 0.270 e. The van der Waals surface area contributed by atoms with Crippen molar-refractivity contribution in [1.82, 2.24) is 0 Å². The van der Waals surface area contributed by atoms with Crippen LogP contribution >= 0.6 is 11.6 Å². The Bertz CT molecular complexity index is 723. The lowest BCUT2D eigenvalue weighted by Crippen LogP contribution is -2.01. The number of hydrogen-bond acceptors (Lipinski definition) is 4. The number of nitriles is 1. The summed E-state index contributed by atoms with van der Waals surface area (Å²) in [5.74, 6) is 0.332. The summed E-state index contributed by atoms with van der Waals surface area (Å²) in [5.41, 5.74) is 1.49. The van der Waals surface area contributed by atoms with E-state index in [1.165, 1.54) is 12.1 Å². The Kier molecular flexibility index (Phi) is 4.97. The Labute approximate surface area is 132 Å². The first kappa shape index (κ1) is 15.8. The molecular formula is C16H13ClN2O3. The molecule has 0 aromatic heterocycles. The van der Waals surface area contributed by atoms with Crippen molar-refractivity contribution in [3.8, 4) is 11.8 Å². The van der Waals surface area contributed by atoms with E-state index in [4.69, 9.17) is 16.3 Å². The standard InChI is InChI=1S/C16H13ClN2O3/c1-22-15-6-3-11(4-7-15)13(10-18)8-12-2-5-14(19(20)21)9-16(12)17/h2-7,9,13H,8H2,1H3. The number of nitro benzene ring substituents is 1. The van der Waals surface area contributed by atoms with Gasteiger partial charge in [-0.3, -0.25) is 10.1 Å². The molecule has 0 fully saturated rings. The van der Waals surface area contributed by atoms with E-state index in [1.807, 2.05) is 12.1 Å². The first-order valence-electron chi connectivity index (χ1n) is 6.51. The Morgan fingerprint density at radius 2 is 2.00 bits per heavy atom. The second-order valence-electron chi connectivity index (χ2n) is 4.69. The van der Waals surface area contributed by atoms with Gasteiger partial charge in [-0.1, -0.05) is 29.8 Å². The minimum absolute atomic E-state index is 0.0632. The summed E-state index contributed by atoms with van der Waals surface area (Å²) in [6.07, 6.45) is 0.389. The molecule has 0 radical (unpaired) electrons. The minimum atomic E-state index is -0.499. The summed E-state index contributed by atoms with van der Waals surface area (Å²) in [5, 5.41) is 20.4. The predicted molar refractivity (Wildman–Crippen MR) is 83.2 cm³/mol. The molecular weight excluding hydrogens is 304 g/mol. The zero-order valence-corrected chi connectivity index (χ0v) is 12.6. The fourth-order valence-electron chi connectivity index (χ4n) is 2.11. The van der Waals surface area contributed by atoms with Gasteiger partial charge in [0.15, 0.2) is 0 Å². The largest absolute Gasteiger partial charge is 0.497 e. The van der Waals surface area contributed by atoms with E-state index in [-0.39, 0.29) is 11.6 Å². The van der Waals surface area contributed by atoms with E-state index in [2.05, 4.69) is 6.07 Å². The molecule has 2 aromatic rings. The van der Waals surface area contributed by atoms with Crippen LogP contribution in [0.3, 0.4) is 0 Å². The molecule has 0 saturated carbocycles. The number of nitrogens with zero attached hydrogens (tertiary/aromatic N) is 2. The van der Waals surface area contributed by atoms with E-state index in [9.17, 15) is 15.4 Å². The number of rotatable bonds is 5.